The third-order valence-electron chi connectivity index (χ3n) is 4.20. The Morgan fingerprint density at radius 1 is 0.971 bits per heavy atom. The van der Waals surface area contributed by atoms with Gasteiger partial charge in [-0.25, -0.2) is 32.9 Å². The number of carbonyl (C=O) groups is 1. The molecule has 184 valence electrons. The molecule has 10 nitrogen and oxygen atoms in total. The topological polar surface area (TPSA) is 146 Å². The summed E-state index contributed by atoms with van der Waals surface area (Å²) in [4.78, 5) is 21.8. The summed E-state index contributed by atoms with van der Waals surface area (Å²) in [5.41, 5.74) is 4.26. The van der Waals surface area contributed by atoms with Crippen LogP contribution in [0.1, 0.15) is 0 Å². The van der Waals surface area contributed by atoms with Crippen LogP contribution in [0.4, 0.5) is 36.2 Å². The monoisotopic (exact) mass is 526 g/mol. The second-order valence-electron chi connectivity index (χ2n) is 6.61. The van der Waals surface area contributed by atoms with E-state index >= 15 is 0 Å². The molecule has 0 spiro atoms. The molecule has 0 saturated carbocycles. The molecule has 4 N–H and O–H groups in total. The zero-order valence-corrected chi connectivity index (χ0v) is 19.4. The van der Waals surface area contributed by atoms with E-state index in [1.54, 1.807) is 35.6 Å². The second kappa shape index (κ2) is 10.6. The minimum absolute atomic E-state index is 0.172. The highest BCUT2D eigenvalue weighted by atomic mass is 32.2. The van der Waals surface area contributed by atoms with Gasteiger partial charge in [-0.3, -0.25) is 0 Å². The van der Waals surface area contributed by atoms with Gasteiger partial charge in [-0.15, -0.1) is 11.3 Å². The van der Waals surface area contributed by atoms with Gasteiger partial charge >= 0.3 is 12.1 Å². The number of alkyl halides is 3. The number of carboxylic acids is 1. The van der Waals surface area contributed by atoms with E-state index < -0.39 is 22.2 Å². The quantitative estimate of drug-likeness (QED) is 0.291. The molecule has 4 aromatic rings. The van der Waals surface area contributed by atoms with Crippen LogP contribution in [0.3, 0.4) is 0 Å². The van der Waals surface area contributed by atoms with Crippen molar-refractivity contribution < 1.29 is 31.5 Å². The molecular formula is C20H17F3N6O4S2. The number of aliphatic carboxylic acids is 1. The van der Waals surface area contributed by atoms with Crippen LogP contribution in [0.15, 0.2) is 65.3 Å². The molecule has 2 aromatic heterocycles. The summed E-state index contributed by atoms with van der Waals surface area (Å²) >= 11 is 1.57. The lowest BCUT2D eigenvalue weighted by atomic mass is 10.3. The van der Waals surface area contributed by atoms with Crippen molar-refractivity contribution >= 4 is 60.6 Å². The van der Waals surface area contributed by atoms with Gasteiger partial charge < -0.3 is 15.7 Å². The maximum absolute atomic E-state index is 12.0. The fraction of sp³-hybridized carbons (Fsp3) is 0.100. The number of fused-ring (bicyclic) bond motifs is 1. The van der Waals surface area contributed by atoms with Gasteiger partial charge in [-0.1, -0.05) is 6.07 Å². The highest BCUT2D eigenvalue weighted by molar-refractivity contribution is 7.89. The largest absolute Gasteiger partial charge is 0.490 e. The minimum Gasteiger partial charge on any atom is -0.475 e. The van der Waals surface area contributed by atoms with Crippen molar-refractivity contribution in [1.29, 1.82) is 0 Å². The van der Waals surface area contributed by atoms with Crippen LogP contribution in [0, 0.1) is 0 Å². The molecule has 15 heteroatoms. The fourth-order valence-electron chi connectivity index (χ4n) is 2.58. The maximum atomic E-state index is 12.0. The molecule has 0 saturated heterocycles. The lowest BCUT2D eigenvalue weighted by Crippen LogP contribution is -2.21. The van der Waals surface area contributed by atoms with Gasteiger partial charge in [0, 0.05) is 17.4 Å². The van der Waals surface area contributed by atoms with Gasteiger partial charge in [0.2, 0.25) is 10.0 Å². The molecule has 0 aliphatic rings. The number of halogens is 3. The van der Waals surface area contributed by atoms with Crippen molar-refractivity contribution in [2.45, 2.75) is 11.1 Å². The van der Waals surface area contributed by atoms with Crippen LogP contribution in [0.25, 0.3) is 10.2 Å². The maximum Gasteiger partial charge on any atom is 0.490 e. The number of nitrogens with one attached hydrogen (secondary N) is 3. The van der Waals surface area contributed by atoms with E-state index in [0.717, 1.165) is 15.9 Å². The smallest absolute Gasteiger partial charge is 0.475 e. The average molecular weight is 527 g/mol. The standard InChI is InChI=1S/C18H16N6O2S2.C2HF3O2/c1-19-28(25,26)14-4-2-3-12(7-14)23-17-9-18(21-10-20-17)24-13-5-6-15-16(8-13)27-11-22-15;3-2(4,5)1(6)7/h2-11,19H,1H3,(H2,20,21,23,24);(H,6,7). The van der Waals surface area contributed by atoms with Gasteiger partial charge in [0.25, 0.3) is 0 Å². The number of sulfonamides is 1. The molecular weight excluding hydrogens is 509 g/mol. The third-order valence-corrected chi connectivity index (χ3v) is 6.40. The van der Waals surface area contributed by atoms with Crippen LogP contribution < -0.4 is 15.4 Å². The van der Waals surface area contributed by atoms with Crippen LogP contribution in [-0.4, -0.2) is 47.7 Å². The number of nitrogens with zero attached hydrogens (tertiary/aromatic N) is 3. The molecule has 0 radical (unpaired) electrons. The van der Waals surface area contributed by atoms with Gasteiger partial charge in [0.05, 0.1) is 20.6 Å². The van der Waals surface area contributed by atoms with Gasteiger partial charge in [-0.2, -0.15) is 13.2 Å². The summed E-state index contributed by atoms with van der Waals surface area (Å²) in [6.45, 7) is 0. The first-order chi connectivity index (χ1) is 16.5. The predicted molar refractivity (Wildman–Crippen MR) is 125 cm³/mol. The molecule has 0 unspecified atom stereocenters. The summed E-state index contributed by atoms with van der Waals surface area (Å²) in [7, 11) is -2.14. The molecule has 0 amide bonds. The summed E-state index contributed by atoms with van der Waals surface area (Å²) in [6.07, 6.45) is -3.65. The Kier molecular flexibility index (Phi) is 7.83. The SMILES string of the molecule is CNS(=O)(=O)c1cccc(Nc2cc(Nc3ccc4ncsc4c3)ncn2)c1.O=C(O)C(F)(F)F. The first kappa shape index (κ1) is 25.8. The average Bonchev–Trinajstić information content (AvgIpc) is 3.27. The number of benzene rings is 2. The normalized spacial score (nSPS) is 11.4. The Balaban J connectivity index is 0.000000429. The lowest BCUT2D eigenvalue weighted by molar-refractivity contribution is -0.192. The van der Waals surface area contributed by atoms with Crippen molar-refractivity contribution in [3.05, 3.63) is 60.4 Å². The molecule has 0 aliphatic heterocycles. The number of hydrogen-bond acceptors (Lipinski definition) is 9. The van der Waals surface area contributed by atoms with E-state index in [2.05, 4.69) is 30.3 Å². The number of thiazole rings is 1. The molecule has 0 bridgehead atoms. The van der Waals surface area contributed by atoms with Crippen LogP contribution in [0.5, 0.6) is 0 Å². The Hall–Kier alpha value is -3.82. The molecule has 0 atom stereocenters. The van der Waals surface area contributed by atoms with Crippen LogP contribution >= 0.6 is 11.3 Å². The number of aromatic nitrogens is 3. The Bertz CT molecular complexity index is 1440. The molecule has 0 aliphatic carbocycles. The van der Waals surface area contributed by atoms with Crippen molar-refractivity contribution in [3.8, 4) is 0 Å². The van der Waals surface area contributed by atoms with Crippen LogP contribution in [0.2, 0.25) is 0 Å². The summed E-state index contributed by atoms with van der Waals surface area (Å²) < 4.78 is 59.0. The first-order valence-electron chi connectivity index (χ1n) is 9.51. The van der Waals surface area contributed by atoms with Gasteiger partial charge in [0.1, 0.15) is 18.0 Å². The van der Waals surface area contributed by atoms with E-state index in [0.29, 0.717) is 17.3 Å². The summed E-state index contributed by atoms with van der Waals surface area (Å²) in [6, 6.07) is 14.1. The first-order valence-corrected chi connectivity index (χ1v) is 11.9. The molecule has 2 aromatic carbocycles. The highest BCUT2D eigenvalue weighted by Gasteiger charge is 2.38. The van der Waals surface area contributed by atoms with Crippen LogP contribution in [-0.2, 0) is 14.8 Å². The van der Waals surface area contributed by atoms with E-state index in [4.69, 9.17) is 9.90 Å². The van der Waals surface area contributed by atoms with E-state index in [1.807, 2.05) is 23.7 Å². The number of anilines is 4. The highest BCUT2D eigenvalue weighted by Crippen LogP contribution is 2.25. The summed E-state index contributed by atoms with van der Waals surface area (Å²) in [5.74, 6) is -1.61. The van der Waals surface area contributed by atoms with Crippen molar-refractivity contribution in [3.63, 3.8) is 0 Å². The number of carboxylic acid groups (broad SMARTS) is 1. The minimum atomic E-state index is -5.08. The molecule has 4 rings (SSSR count). The molecule has 2 heterocycles. The van der Waals surface area contributed by atoms with E-state index in [-0.39, 0.29) is 4.90 Å². The zero-order valence-electron chi connectivity index (χ0n) is 17.7. The summed E-state index contributed by atoms with van der Waals surface area (Å²) in [5, 5.41) is 13.5. The van der Waals surface area contributed by atoms with E-state index in [9.17, 15) is 21.6 Å². The number of rotatable bonds is 6. The van der Waals surface area contributed by atoms with Crippen molar-refractivity contribution in [1.82, 2.24) is 19.7 Å². The molecule has 35 heavy (non-hydrogen) atoms. The zero-order chi connectivity index (χ0) is 25.6. The van der Waals surface area contributed by atoms with Crippen molar-refractivity contribution in [2.75, 3.05) is 17.7 Å². The van der Waals surface area contributed by atoms with E-state index in [1.165, 1.54) is 19.4 Å². The van der Waals surface area contributed by atoms with Gasteiger partial charge in [-0.05, 0) is 43.4 Å². The third kappa shape index (κ3) is 7.08. The van der Waals surface area contributed by atoms with Crippen molar-refractivity contribution in [2.24, 2.45) is 0 Å². The molecule has 0 fully saturated rings. The lowest BCUT2D eigenvalue weighted by Gasteiger charge is -2.10. The number of hydrogen-bond donors (Lipinski definition) is 4. The van der Waals surface area contributed by atoms with Gasteiger partial charge in [0.15, 0.2) is 0 Å². The predicted octanol–water partition coefficient (Wildman–Crippen LogP) is 4.11. The Labute approximate surface area is 200 Å². The fourth-order valence-corrected chi connectivity index (χ4v) is 4.07. The Morgan fingerprint density at radius 2 is 1.60 bits per heavy atom. The second-order valence-corrected chi connectivity index (χ2v) is 9.38. The Morgan fingerprint density at radius 3 is 2.20 bits per heavy atom.